The maximum absolute atomic E-state index is 13.3. The van der Waals surface area contributed by atoms with Crippen LogP contribution in [0.15, 0.2) is 20.1 Å². The van der Waals surface area contributed by atoms with E-state index in [1.165, 1.54) is 0 Å². The second kappa shape index (κ2) is 8.78. The van der Waals surface area contributed by atoms with Crippen LogP contribution in [0.1, 0.15) is 0 Å². The first-order valence-corrected chi connectivity index (χ1v) is 14.0. The maximum atomic E-state index is 13.3. The summed E-state index contributed by atoms with van der Waals surface area (Å²) in [5, 5.41) is 17.5. The van der Waals surface area contributed by atoms with Gasteiger partial charge in [0.05, 0.1) is 32.0 Å². The Balaban J connectivity index is 1.80. The van der Waals surface area contributed by atoms with E-state index in [0.29, 0.717) is 0 Å². The summed E-state index contributed by atoms with van der Waals surface area (Å²) >= 11 is 75.7. The van der Waals surface area contributed by atoms with Gasteiger partial charge in [-0.05, 0) is 0 Å². The lowest BCUT2D eigenvalue weighted by molar-refractivity contribution is -0.172. The van der Waals surface area contributed by atoms with E-state index < -0.39 is 95.8 Å². The van der Waals surface area contributed by atoms with Gasteiger partial charge in [0.1, 0.15) is 31.3 Å². The monoisotopic (exact) mass is 754 g/mol. The second-order valence-electron chi connectivity index (χ2n) is 8.58. The molecule has 204 valence electrons. The van der Waals surface area contributed by atoms with Crippen LogP contribution in [0.25, 0.3) is 0 Å². The second-order valence-corrected chi connectivity index (χ2v) is 15.1. The molecular formula is C18H6Cl12O7. The largest absolute Gasteiger partial charge is 0.481 e. The van der Waals surface area contributed by atoms with Crippen molar-refractivity contribution in [2.75, 3.05) is 0 Å². The molecule has 37 heavy (non-hydrogen) atoms. The minimum absolute atomic E-state index is 0.540. The van der Waals surface area contributed by atoms with Crippen molar-refractivity contribution >= 4 is 163 Å². The van der Waals surface area contributed by atoms with Gasteiger partial charge in [0.15, 0.2) is 8.67 Å². The maximum Gasteiger partial charge on any atom is 0.319 e. The van der Waals surface area contributed by atoms with Gasteiger partial charge in [-0.3, -0.25) is 19.2 Å². The Morgan fingerprint density at radius 2 is 0.730 bits per heavy atom. The number of carboxylic acids is 2. The summed E-state index contributed by atoms with van der Waals surface area (Å²) in [5.74, 6) is -15.2. The van der Waals surface area contributed by atoms with E-state index in [9.17, 15) is 29.4 Å². The van der Waals surface area contributed by atoms with E-state index in [1.807, 2.05) is 0 Å². The molecule has 0 amide bonds. The molecule has 7 nitrogen and oxygen atoms in total. The molecular weight excluding hydrogens is 754 g/mol. The van der Waals surface area contributed by atoms with Crippen molar-refractivity contribution < 1.29 is 34.1 Å². The van der Waals surface area contributed by atoms with E-state index in [2.05, 4.69) is 0 Å². The van der Waals surface area contributed by atoms with Gasteiger partial charge in [0.2, 0.25) is 0 Å². The summed E-state index contributed by atoms with van der Waals surface area (Å²) in [6.45, 7) is 0. The number of carbonyl (C=O) groups excluding carboxylic acids is 2. The molecule has 4 aliphatic carbocycles. The fourth-order valence-corrected chi connectivity index (χ4v) is 11.3. The lowest BCUT2D eigenvalue weighted by Crippen LogP contribution is -2.50. The minimum Gasteiger partial charge on any atom is -0.481 e. The first-order chi connectivity index (χ1) is 16.6. The van der Waals surface area contributed by atoms with Crippen molar-refractivity contribution in [3.63, 3.8) is 0 Å². The first-order valence-electron chi connectivity index (χ1n) is 9.42. The lowest BCUT2D eigenvalue weighted by atomic mass is 9.81. The molecule has 4 rings (SSSR count). The Kier molecular flexibility index (Phi) is 7.35. The van der Waals surface area contributed by atoms with Crippen molar-refractivity contribution in [2.45, 2.75) is 28.2 Å². The lowest BCUT2D eigenvalue weighted by Gasteiger charge is -2.35. The van der Waals surface area contributed by atoms with Gasteiger partial charge in [0.25, 0.3) is 0 Å². The third-order valence-corrected chi connectivity index (χ3v) is 15.6. The molecule has 8 unspecified atom stereocenters. The number of carbonyl (C=O) groups is 4. The number of ether oxygens (including phenoxy) is 1. The highest BCUT2D eigenvalue weighted by Gasteiger charge is 2.87. The summed E-state index contributed by atoms with van der Waals surface area (Å²) < 4.78 is -0.119. The Hall–Kier alpha value is 1.04. The van der Waals surface area contributed by atoms with Gasteiger partial charge < -0.3 is 14.9 Å². The predicted molar refractivity (Wildman–Crippen MR) is 141 cm³/mol. The summed E-state index contributed by atoms with van der Waals surface area (Å²) in [5.41, 5.74) is 0. The molecule has 8 atom stereocenters. The highest BCUT2D eigenvalue weighted by atomic mass is 35.5. The van der Waals surface area contributed by atoms with Gasteiger partial charge in [-0.15, -0.1) is 46.4 Å². The van der Waals surface area contributed by atoms with Crippen molar-refractivity contribution in [3.05, 3.63) is 20.1 Å². The Labute approximate surface area is 267 Å². The van der Waals surface area contributed by atoms with E-state index in [1.54, 1.807) is 0 Å². The molecule has 0 aromatic rings. The molecule has 0 radical (unpaired) electrons. The van der Waals surface area contributed by atoms with Crippen LogP contribution in [0.5, 0.6) is 0 Å². The highest BCUT2D eigenvalue weighted by Crippen LogP contribution is 2.78. The van der Waals surface area contributed by atoms with Crippen molar-refractivity contribution in [1.29, 1.82) is 0 Å². The topological polar surface area (TPSA) is 118 Å². The molecule has 19 heteroatoms. The Morgan fingerprint density at radius 1 is 0.514 bits per heavy atom. The van der Waals surface area contributed by atoms with Crippen molar-refractivity contribution in [3.8, 4) is 0 Å². The Bertz CT molecular complexity index is 1170. The van der Waals surface area contributed by atoms with Gasteiger partial charge >= 0.3 is 23.9 Å². The number of allylic oxidation sites excluding steroid dienone is 4. The highest BCUT2D eigenvalue weighted by molar-refractivity contribution is 6.67. The zero-order chi connectivity index (χ0) is 28.6. The molecule has 4 aliphatic rings. The zero-order valence-corrected chi connectivity index (χ0v) is 25.9. The number of carboxylic acid groups (broad SMARTS) is 2. The molecule has 0 aromatic carbocycles. The van der Waals surface area contributed by atoms with Crippen LogP contribution in [0.3, 0.4) is 0 Å². The van der Waals surface area contributed by atoms with E-state index in [-0.39, 0.29) is 0 Å². The molecule has 0 aliphatic heterocycles. The molecule has 2 fully saturated rings. The predicted octanol–water partition coefficient (Wildman–Crippen LogP) is 6.38. The molecule has 0 heterocycles. The van der Waals surface area contributed by atoms with E-state index >= 15 is 0 Å². The molecule has 0 saturated heterocycles. The SMILES string of the molecule is O=C(O)C1C(C(=O)OC(=O)C2C(C(=O)O)C3(Cl)C(Cl)=C(Cl)C2(Cl)C3(Cl)Cl)C2(Cl)C(Cl)=C(Cl)C1(Cl)C2(Cl)Cl. The summed E-state index contributed by atoms with van der Waals surface area (Å²) in [6.07, 6.45) is 0. The fraction of sp³-hybridized carbons (Fsp3) is 0.556. The quantitative estimate of drug-likeness (QED) is 0.194. The first kappa shape index (κ1) is 31.0. The van der Waals surface area contributed by atoms with Crippen LogP contribution >= 0.6 is 139 Å². The van der Waals surface area contributed by atoms with Crippen LogP contribution in [0.2, 0.25) is 0 Å². The van der Waals surface area contributed by atoms with Crippen LogP contribution in [-0.4, -0.2) is 62.3 Å². The third-order valence-electron chi connectivity index (χ3n) is 7.11. The standard InChI is InChI=1S/C18H6Cl12O7/c19-5-7(21)15(25)3(1(9(31)32)13(5,23)17(15,27)28)11(35)37-12(36)4-2(10(33)34)14(24)6(20)8(22)16(4,26)18(14,29)30/h1-4H,(H,31,32)(H,33,34). The number of esters is 2. The van der Waals surface area contributed by atoms with Crippen LogP contribution in [-0.2, 0) is 23.9 Å². The Morgan fingerprint density at radius 3 is 0.946 bits per heavy atom. The van der Waals surface area contributed by atoms with Crippen LogP contribution in [0, 0.1) is 23.7 Å². The number of hydrogen-bond donors (Lipinski definition) is 2. The number of hydrogen-bond acceptors (Lipinski definition) is 5. The van der Waals surface area contributed by atoms with Crippen molar-refractivity contribution in [2.24, 2.45) is 23.7 Å². The number of fused-ring (bicyclic) bond motifs is 4. The zero-order valence-electron chi connectivity index (χ0n) is 16.8. The van der Waals surface area contributed by atoms with Gasteiger partial charge in [-0.2, -0.15) is 0 Å². The van der Waals surface area contributed by atoms with Gasteiger partial charge in [-0.1, -0.05) is 92.8 Å². The molecule has 0 spiro atoms. The molecule has 2 N–H and O–H groups in total. The molecule has 4 bridgehead atoms. The fourth-order valence-electron chi connectivity index (χ4n) is 5.41. The minimum atomic E-state index is -2.50. The normalized spacial score (nSPS) is 45.0. The molecule has 2 saturated carbocycles. The number of aliphatic carboxylic acids is 2. The van der Waals surface area contributed by atoms with Crippen LogP contribution < -0.4 is 0 Å². The third kappa shape index (κ3) is 3.10. The smallest absolute Gasteiger partial charge is 0.319 e. The van der Waals surface area contributed by atoms with Crippen LogP contribution in [0.4, 0.5) is 0 Å². The number of alkyl halides is 8. The van der Waals surface area contributed by atoms with Gasteiger partial charge in [0, 0.05) is 0 Å². The number of rotatable bonds is 4. The summed E-state index contributed by atoms with van der Waals surface area (Å²) in [6, 6.07) is 0. The molecule has 0 aromatic heterocycles. The summed E-state index contributed by atoms with van der Waals surface area (Å²) in [4.78, 5) is 41.2. The number of halogens is 12. The summed E-state index contributed by atoms with van der Waals surface area (Å²) in [7, 11) is 0. The van der Waals surface area contributed by atoms with E-state index in [4.69, 9.17) is 144 Å². The van der Waals surface area contributed by atoms with Gasteiger partial charge in [-0.25, -0.2) is 0 Å². The van der Waals surface area contributed by atoms with E-state index in [0.717, 1.165) is 0 Å². The average molecular weight is 760 g/mol. The van der Waals surface area contributed by atoms with Crippen molar-refractivity contribution in [1.82, 2.24) is 0 Å². The average Bonchev–Trinajstić information content (AvgIpc) is 3.11.